The van der Waals surface area contributed by atoms with Crippen molar-refractivity contribution in [3.8, 4) is 0 Å². The third-order valence-electron chi connectivity index (χ3n) is 0. The van der Waals surface area contributed by atoms with Crippen molar-refractivity contribution in [2.24, 2.45) is 0 Å². The van der Waals surface area contributed by atoms with Crippen LogP contribution in [0, 0.1) is 0 Å². The van der Waals surface area contributed by atoms with Gasteiger partial charge in [0, 0.05) is 0 Å². The first-order valence-electron chi connectivity index (χ1n) is 1.22. The van der Waals surface area contributed by atoms with Crippen LogP contribution in [0.15, 0.2) is 0 Å². The summed E-state index contributed by atoms with van der Waals surface area (Å²) in [6.07, 6.45) is 3.73. The summed E-state index contributed by atoms with van der Waals surface area (Å²) in [5.74, 6) is 0. The first kappa shape index (κ1) is 5.63. The molecule has 5 heavy (non-hydrogen) atoms. The van der Waals surface area contributed by atoms with E-state index in [1.807, 2.05) is 12.5 Å². The van der Waals surface area contributed by atoms with Crippen LogP contribution in [0.5, 0.6) is 0 Å². The molecule has 0 amide bonds. The van der Waals surface area contributed by atoms with Crippen LogP contribution >= 0.6 is 0 Å². The van der Waals surface area contributed by atoms with Gasteiger partial charge in [0.2, 0.25) is 0 Å². The van der Waals surface area contributed by atoms with Gasteiger partial charge in [-0.2, -0.15) is 0 Å². The SMILES string of the molecule is [B]=S(C)(C)=S. The van der Waals surface area contributed by atoms with Gasteiger partial charge in [0.1, 0.15) is 0 Å². The molecule has 0 aromatic carbocycles. The maximum atomic E-state index is 5.25. The Hall–Kier alpha value is 0.635. The quantitative estimate of drug-likeness (QED) is 0.389. The predicted molar refractivity (Wildman–Crippen MR) is 32.3 cm³/mol. The molecule has 29 valence electrons. The number of rotatable bonds is 0. The van der Waals surface area contributed by atoms with E-state index in [9.17, 15) is 0 Å². The molecule has 0 aliphatic heterocycles. The van der Waals surface area contributed by atoms with E-state index in [-0.39, 0.29) is 0 Å². The monoisotopic (exact) mass is 105 g/mol. The minimum absolute atomic E-state index is 1.08. The van der Waals surface area contributed by atoms with E-state index in [2.05, 4.69) is 11.2 Å². The molecule has 0 atom stereocenters. The van der Waals surface area contributed by atoms with Gasteiger partial charge >= 0.3 is 38.4 Å². The second-order valence-corrected chi connectivity index (χ2v) is 6.50. The molecule has 3 heteroatoms. The summed E-state index contributed by atoms with van der Waals surface area (Å²) in [6, 6.07) is 0. The number of hydrogen-bond acceptors (Lipinski definition) is 1. The summed E-state index contributed by atoms with van der Waals surface area (Å²) in [5, 5.41) is 0. The van der Waals surface area contributed by atoms with Crippen molar-refractivity contribution in [1.82, 2.24) is 0 Å². The molecule has 0 saturated carbocycles. The molecule has 0 saturated heterocycles. The molecule has 0 aromatic rings. The van der Waals surface area contributed by atoms with E-state index in [0.717, 1.165) is 0 Å². The van der Waals surface area contributed by atoms with Crippen LogP contribution in [0.1, 0.15) is 0 Å². The molecule has 0 fully saturated rings. The van der Waals surface area contributed by atoms with E-state index in [4.69, 9.17) is 6.72 Å². The Balaban J connectivity index is 4.06. The Bertz CT molecular complexity index is 90.8. The Labute approximate surface area is 39.0 Å². The van der Waals surface area contributed by atoms with Gasteiger partial charge in [0.25, 0.3) is 0 Å². The van der Waals surface area contributed by atoms with Gasteiger partial charge in [-0.1, -0.05) is 0 Å². The van der Waals surface area contributed by atoms with Gasteiger partial charge in [-0.25, -0.2) is 0 Å². The van der Waals surface area contributed by atoms with Crippen LogP contribution in [0.2, 0.25) is 0 Å². The molecule has 0 rings (SSSR count). The molecule has 1 radical (unpaired) electrons. The topological polar surface area (TPSA) is 0 Å². The second-order valence-electron chi connectivity index (χ2n) is 1.31. The molecule has 0 spiro atoms. The Kier molecular flexibility index (Phi) is 1.57. The van der Waals surface area contributed by atoms with Crippen molar-refractivity contribution in [3.05, 3.63) is 0 Å². The Morgan fingerprint density at radius 1 is 1.60 bits per heavy atom. The Morgan fingerprint density at radius 3 is 1.60 bits per heavy atom. The fourth-order valence-corrected chi connectivity index (χ4v) is 0. The first-order valence-corrected chi connectivity index (χ1v) is 4.66. The zero-order chi connectivity index (χ0) is 4.50. The fourth-order valence-electron chi connectivity index (χ4n) is 0. The first-order chi connectivity index (χ1) is 2.00. The molecule has 0 bridgehead atoms. The summed E-state index contributed by atoms with van der Waals surface area (Å²) in [5.41, 5.74) is 0. The average molecular weight is 105 g/mol. The molecule has 0 unspecified atom stereocenters. The van der Waals surface area contributed by atoms with Gasteiger partial charge < -0.3 is 0 Å². The zero-order valence-corrected chi connectivity index (χ0v) is 5.03. The summed E-state index contributed by atoms with van der Waals surface area (Å²) in [7, 11) is -1.08. The second kappa shape index (κ2) is 1.39. The maximum absolute atomic E-state index is 5.25. The van der Waals surface area contributed by atoms with Gasteiger partial charge in [-0.3, -0.25) is 0 Å². The summed E-state index contributed by atoms with van der Waals surface area (Å²) in [4.78, 5) is 0. The predicted octanol–water partition coefficient (Wildman–Crippen LogP) is -0.0546. The van der Waals surface area contributed by atoms with Crippen LogP contribution in [-0.4, -0.2) is 19.2 Å². The minimum atomic E-state index is -1.08. The number of hydrogen-bond donors (Lipinski definition) is 0. The Morgan fingerprint density at radius 2 is 1.60 bits per heavy atom. The van der Waals surface area contributed by atoms with Crippen LogP contribution in [-0.2, 0) is 19.2 Å². The summed E-state index contributed by atoms with van der Waals surface area (Å²) in [6.45, 7) is 5.25. The molecule has 0 heterocycles. The van der Waals surface area contributed by atoms with Crippen molar-refractivity contribution in [1.29, 1.82) is 0 Å². The van der Waals surface area contributed by atoms with Crippen LogP contribution in [0.25, 0.3) is 0 Å². The fraction of sp³-hybridized carbons (Fsp3) is 1.00. The van der Waals surface area contributed by atoms with E-state index in [1.165, 1.54) is 0 Å². The molecule has 0 aromatic heterocycles. The molecule has 0 aliphatic carbocycles. The molecule has 0 nitrogen and oxygen atoms in total. The van der Waals surface area contributed by atoms with E-state index in [1.54, 1.807) is 0 Å². The van der Waals surface area contributed by atoms with Gasteiger partial charge in [-0.15, -0.1) is 0 Å². The van der Waals surface area contributed by atoms with Gasteiger partial charge in [0.15, 0.2) is 0 Å². The molecular formula is C2H6BS2. The third-order valence-corrected chi connectivity index (χ3v) is 0. The van der Waals surface area contributed by atoms with Gasteiger partial charge in [-0.05, 0) is 0 Å². The van der Waals surface area contributed by atoms with E-state index < -0.39 is 8.01 Å². The van der Waals surface area contributed by atoms with Crippen molar-refractivity contribution < 1.29 is 0 Å². The van der Waals surface area contributed by atoms with Crippen molar-refractivity contribution in [2.45, 2.75) is 0 Å². The van der Waals surface area contributed by atoms with Crippen molar-refractivity contribution >= 4 is 25.9 Å². The van der Waals surface area contributed by atoms with Gasteiger partial charge in [0.05, 0.1) is 0 Å². The third kappa shape index (κ3) is 79.8. The van der Waals surface area contributed by atoms with E-state index in [0.29, 0.717) is 0 Å². The molecular weight excluding hydrogens is 99.0 g/mol. The van der Waals surface area contributed by atoms with Crippen LogP contribution in [0.3, 0.4) is 0 Å². The van der Waals surface area contributed by atoms with Crippen LogP contribution < -0.4 is 0 Å². The van der Waals surface area contributed by atoms with Crippen LogP contribution in [0.4, 0.5) is 0 Å². The molecule has 0 aliphatic rings. The molecule has 0 N–H and O–H groups in total. The van der Waals surface area contributed by atoms with Crippen molar-refractivity contribution in [2.75, 3.05) is 12.5 Å². The summed E-state index contributed by atoms with van der Waals surface area (Å²) < 4.78 is 0. The standard InChI is InChI=1S/C2H6BS2/c1-5(2,3)4/h1-2H3. The normalized spacial score (nSPS) is 11.4. The van der Waals surface area contributed by atoms with Crippen molar-refractivity contribution in [3.63, 3.8) is 0 Å². The summed E-state index contributed by atoms with van der Waals surface area (Å²) >= 11 is 4.69. The van der Waals surface area contributed by atoms with E-state index >= 15 is 0 Å². The average Bonchev–Trinajstić information content (AvgIpc) is 0.722. The zero-order valence-electron chi connectivity index (χ0n) is 3.39.